The smallest absolute Gasteiger partial charge is 0.272 e. The number of ether oxygens (including phenoxy) is 2. The van der Waals surface area contributed by atoms with Crippen molar-refractivity contribution in [3.8, 4) is 0 Å². The highest BCUT2D eigenvalue weighted by molar-refractivity contribution is 5.80. The molecule has 0 aromatic heterocycles. The van der Waals surface area contributed by atoms with Gasteiger partial charge in [0.05, 0.1) is 6.10 Å². The van der Waals surface area contributed by atoms with Gasteiger partial charge < -0.3 is 9.47 Å². The highest BCUT2D eigenvalue weighted by Crippen LogP contribution is 2.23. The molecular formula is C17H23NO4. The minimum Gasteiger partial charge on any atom is -0.365 e. The van der Waals surface area contributed by atoms with Gasteiger partial charge >= 0.3 is 0 Å². The first-order valence-corrected chi connectivity index (χ1v) is 8.08. The molecule has 0 radical (unpaired) electrons. The van der Waals surface area contributed by atoms with Crippen LogP contribution >= 0.6 is 0 Å². The number of carbonyl (C=O) groups excluding carboxylic acids is 1. The summed E-state index contributed by atoms with van der Waals surface area (Å²) in [5, 5.41) is 0. The molecular weight excluding hydrogens is 282 g/mol. The third kappa shape index (κ3) is 4.29. The molecule has 2 heterocycles. The van der Waals surface area contributed by atoms with Crippen molar-refractivity contribution in [1.29, 1.82) is 0 Å². The summed E-state index contributed by atoms with van der Waals surface area (Å²) in [6.45, 7) is 0.694. The van der Waals surface area contributed by atoms with Crippen LogP contribution in [0.25, 0.3) is 0 Å². The Morgan fingerprint density at radius 2 is 2.05 bits per heavy atom. The lowest BCUT2D eigenvalue weighted by Gasteiger charge is -2.23. The predicted molar refractivity (Wildman–Crippen MR) is 80.9 cm³/mol. The molecule has 5 nitrogen and oxygen atoms in total. The first kappa shape index (κ1) is 15.5. The maximum atomic E-state index is 12.1. The molecule has 1 amide bonds. The molecule has 2 saturated heterocycles. The fourth-order valence-corrected chi connectivity index (χ4v) is 2.92. The van der Waals surface area contributed by atoms with Crippen LogP contribution in [-0.4, -0.2) is 31.0 Å². The molecule has 2 fully saturated rings. The van der Waals surface area contributed by atoms with Crippen LogP contribution in [0.4, 0.5) is 0 Å². The van der Waals surface area contributed by atoms with Gasteiger partial charge in [0.25, 0.3) is 5.91 Å². The zero-order valence-electron chi connectivity index (χ0n) is 12.7. The fraction of sp³-hybridized carbons (Fsp3) is 0.588. The van der Waals surface area contributed by atoms with Gasteiger partial charge in [-0.15, -0.1) is 0 Å². The van der Waals surface area contributed by atoms with Crippen LogP contribution in [0, 0.1) is 0 Å². The molecule has 1 aromatic rings. The van der Waals surface area contributed by atoms with Crippen LogP contribution in [0.1, 0.15) is 37.7 Å². The number of hydrogen-bond donors (Lipinski definition) is 1. The topological polar surface area (TPSA) is 56.8 Å². The average Bonchev–Trinajstić information content (AvgIpc) is 3.03. The molecule has 2 aliphatic rings. The van der Waals surface area contributed by atoms with E-state index in [1.54, 1.807) is 0 Å². The molecule has 0 spiro atoms. The molecule has 0 saturated carbocycles. The molecule has 3 rings (SSSR count). The first-order chi connectivity index (χ1) is 10.8. The van der Waals surface area contributed by atoms with Crippen LogP contribution in [-0.2, 0) is 25.5 Å². The van der Waals surface area contributed by atoms with Gasteiger partial charge in [0.2, 0.25) is 0 Å². The maximum absolute atomic E-state index is 12.1. The monoisotopic (exact) mass is 305 g/mol. The van der Waals surface area contributed by atoms with E-state index < -0.39 is 6.10 Å². The lowest BCUT2D eigenvalue weighted by atomic mass is 10.1. The normalized spacial score (nSPS) is 28.5. The summed E-state index contributed by atoms with van der Waals surface area (Å²) in [5.41, 5.74) is 3.73. The molecule has 1 unspecified atom stereocenters. The van der Waals surface area contributed by atoms with E-state index in [0.29, 0.717) is 6.61 Å². The van der Waals surface area contributed by atoms with Crippen molar-refractivity contribution < 1.29 is 19.1 Å². The Morgan fingerprint density at radius 3 is 2.82 bits per heavy atom. The van der Waals surface area contributed by atoms with E-state index in [2.05, 4.69) is 17.6 Å². The summed E-state index contributed by atoms with van der Waals surface area (Å²) >= 11 is 0. The summed E-state index contributed by atoms with van der Waals surface area (Å²) in [6.07, 6.45) is 4.78. The van der Waals surface area contributed by atoms with Gasteiger partial charge in [-0.3, -0.25) is 4.79 Å². The molecule has 2 aliphatic heterocycles. The van der Waals surface area contributed by atoms with Crippen LogP contribution in [0.3, 0.4) is 0 Å². The summed E-state index contributed by atoms with van der Waals surface area (Å²) < 4.78 is 11.2. The number of carbonyl (C=O) groups is 1. The third-order valence-electron chi connectivity index (χ3n) is 4.14. The standard InChI is InChI=1S/C17H23NO4/c19-17(18-22-16-8-4-5-11-20-16)15-10-9-14(21-15)12-13-6-2-1-3-7-13/h1-3,6-7,14-16H,4-5,8-12H2,(H,18,19)/t14-,15+,16?/m1/s1. The first-order valence-electron chi connectivity index (χ1n) is 8.08. The van der Waals surface area contributed by atoms with Crippen molar-refractivity contribution in [3.05, 3.63) is 35.9 Å². The van der Waals surface area contributed by atoms with E-state index in [4.69, 9.17) is 14.3 Å². The van der Waals surface area contributed by atoms with E-state index >= 15 is 0 Å². The van der Waals surface area contributed by atoms with Gasteiger partial charge in [-0.05, 0) is 37.7 Å². The Kier molecular flexibility index (Phi) is 5.43. The van der Waals surface area contributed by atoms with Crippen LogP contribution in [0.2, 0.25) is 0 Å². The van der Waals surface area contributed by atoms with Gasteiger partial charge in [-0.1, -0.05) is 30.3 Å². The number of hydrogen-bond acceptors (Lipinski definition) is 4. The van der Waals surface area contributed by atoms with Crippen LogP contribution in [0.15, 0.2) is 30.3 Å². The fourth-order valence-electron chi connectivity index (χ4n) is 2.92. The Morgan fingerprint density at radius 1 is 1.18 bits per heavy atom. The van der Waals surface area contributed by atoms with E-state index in [1.807, 2.05) is 18.2 Å². The van der Waals surface area contributed by atoms with Gasteiger partial charge in [0, 0.05) is 13.0 Å². The molecule has 0 aliphatic carbocycles. The maximum Gasteiger partial charge on any atom is 0.272 e. The second kappa shape index (κ2) is 7.72. The Bertz CT molecular complexity index is 473. The highest BCUT2D eigenvalue weighted by Gasteiger charge is 2.31. The molecule has 3 atom stereocenters. The minimum atomic E-state index is -0.419. The van der Waals surface area contributed by atoms with Gasteiger partial charge in [-0.25, -0.2) is 10.3 Å². The lowest BCUT2D eigenvalue weighted by molar-refractivity contribution is -0.204. The summed E-state index contributed by atoms with van der Waals surface area (Å²) in [4.78, 5) is 17.4. The molecule has 22 heavy (non-hydrogen) atoms. The van der Waals surface area contributed by atoms with E-state index in [-0.39, 0.29) is 18.3 Å². The Labute approximate surface area is 130 Å². The van der Waals surface area contributed by atoms with Gasteiger partial charge in [0.15, 0.2) is 6.29 Å². The van der Waals surface area contributed by atoms with Crippen molar-refractivity contribution >= 4 is 5.91 Å². The molecule has 0 bridgehead atoms. The summed E-state index contributed by atoms with van der Waals surface area (Å²) in [6, 6.07) is 10.2. The van der Waals surface area contributed by atoms with Crippen LogP contribution < -0.4 is 5.48 Å². The van der Waals surface area contributed by atoms with E-state index in [0.717, 1.165) is 38.5 Å². The number of benzene rings is 1. The van der Waals surface area contributed by atoms with E-state index in [9.17, 15) is 4.79 Å². The van der Waals surface area contributed by atoms with Crippen molar-refractivity contribution in [2.45, 2.75) is 57.0 Å². The van der Waals surface area contributed by atoms with Crippen LogP contribution in [0.5, 0.6) is 0 Å². The highest BCUT2D eigenvalue weighted by atomic mass is 16.8. The zero-order chi connectivity index (χ0) is 15.2. The third-order valence-corrected chi connectivity index (χ3v) is 4.14. The predicted octanol–water partition coefficient (Wildman–Crippen LogP) is 2.35. The minimum absolute atomic E-state index is 0.101. The summed E-state index contributed by atoms with van der Waals surface area (Å²) in [7, 11) is 0. The van der Waals surface area contributed by atoms with Gasteiger partial charge in [0.1, 0.15) is 6.10 Å². The van der Waals surface area contributed by atoms with Crippen molar-refractivity contribution in [3.63, 3.8) is 0 Å². The Balaban J connectivity index is 1.40. The molecule has 1 N–H and O–H groups in total. The van der Waals surface area contributed by atoms with Crippen molar-refractivity contribution in [2.75, 3.05) is 6.61 Å². The number of hydroxylamine groups is 1. The number of amides is 1. The summed E-state index contributed by atoms with van der Waals surface area (Å²) in [5.74, 6) is -0.204. The molecule has 5 heteroatoms. The second-order valence-corrected chi connectivity index (χ2v) is 5.89. The van der Waals surface area contributed by atoms with Crippen molar-refractivity contribution in [1.82, 2.24) is 5.48 Å². The second-order valence-electron chi connectivity index (χ2n) is 5.89. The molecule has 120 valence electrons. The zero-order valence-corrected chi connectivity index (χ0v) is 12.7. The molecule has 1 aromatic carbocycles. The Hall–Kier alpha value is -1.43. The van der Waals surface area contributed by atoms with E-state index in [1.165, 1.54) is 5.56 Å². The SMILES string of the molecule is O=C(NOC1CCCCO1)[C@@H]1CC[C@H](Cc2ccccc2)O1. The van der Waals surface area contributed by atoms with Crippen molar-refractivity contribution in [2.24, 2.45) is 0 Å². The number of rotatable bonds is 5. The van der Waals surface area contributed by atoms with Gasteiger partial charge in [-0.2, -0.15) is 0 Å². The average molecular weight is 305 g/mol. The quantitative estimate of drug-likeness (QED) is 0.848. The lowest BCUT2D eigenvalue weighted by Crippen LogP contribution is -2.39. The number of nitrogens with one attached hydrogen (secondary N) is 1. The largest absolute Gasteiger partial charge is 0.365 e.